The Morgan fingerprint density at radius 2 is 1.72 bits per heavy atom. The summed E-state index contributed by atoms with van der Waals surface area (Å²) in [6.45, 7) is 0.161. The fourth-order valence-electron chi connectivity index (χ4n) is 2.22. The minimum absolute atomic E-state index is 0.161. The molecule has 0 bridgehead atoms. The van der Waals surface area contributed by atoms with Crippen LogP contribution in [0.2, 0.25) is 0 Å². The predicted molar refractivity (Wildman–Crippen MR) is 85.3 cm³/mol. The van der Waals surface area contributed by atoms with Gasteiger partial charge in [-0.1, -0.05) is 35.5 Å². The smallest absolute Gasteiger partial charge is 0.416 e. The standard InChI is InChI=1S/C17H13F3N4O/c18-17(19,20)14-6-8-16(9-7-14)24-12-15(21-22-24)11-23(25)10-13-4-2-1-3-5-13/h1-9,11-12H,10H2/b23-11-. The lowest BCUT2D eigenvalue weighted by atomic mass is 10.2. The number of hydrogen-bond acceptors (Lipinski definition) is 3. The van der Waals surface area contributed by atoms with Crippen LogP contribution >= 0.6 is 0 Å². The van der Waals surface area contributed by atoms with Crippen LogP contribution < -0.4 is 0 Å². The lowest BCUT2D eigenvalue weighted by molar-refractivity contribution is -0.469. The molecule has 0 saturated carbocycles. The number of aromatic nitrogens is 3. The van der Waals surface area contributed by atoms with Crippen LogP contribution in [0.4, 0.5) is 13.2 Å². The molecule has 0 radical (unpaired) electrons. The molecule has 0 aliphatic carbocycles. The third-order valence-corrected chi connectivity index (χ3v) is 3.43. The maximum absolute atomic E-state index is 12.6. The van der Waals surface area contributed by atoms with Crippen molar-refractivity contribution in [3.8, 4) is 5.69 Å². The van der Waals surface area contributed by atoms with E-state index in [-0.39, 0.29) is 6.54 Å². The van der Waals surface area contributed by atoms with Crippen molar-refractivity contribution >= 4 is 6.21 Å². The van der Waals surface area contributed by atoms with Crippen molar-refractivity contribution < 1.29 is 17.9 Å². The molecule has 0 saturated heterocycles. The number of rotatable bonds is 4. The Bertz CT molecular complexity index is 871. The quantitative estimate of drug-likeness (QED) is 0.315. The van der Waals surface area contributed by atoms with Gasteiger partial charge in [-0.15, -0.1) is 5.10 Å². The Kier molecular flexibility index (Phi) is 4.51. The van der Waals surface area contributed by atoms with Gasteiger partial charge >= 0.3 is 6.18 Å². The van der Waals surface area contributed by atoms with Gasteiger partial charge in [0.1, 0.15) is 0 Å². The van der Waals surface area contributed by atoms with Crippen LogP contribution in [-0.4, -0.2) is 25.9 Å². The van der Waals surface area contributed by atoms with Gasteiger partial charge in [-0.2, -0.15) is 13.2 Å². The van der Waals surface area contributed by atoms with Crippen molar-refractivity contribution in [3.63, 3.8) is 0 Å². The normalized spacial score (nSPS) is 12.4. The van der Waals surface area contributed by atoms with Gasteiger partial charge in [-0.05, 0) is 24.3 Å². The van der Waals surface area contributed by atoms with E-state index >= 15 is 0 Å². The van der Waals surface area contributed by atoms with E-state index in [1.54, 1.807) is 0 Å². The predicted octanol–water partition coefficient (Wildman–Crippen LogP) is 3.42. The van der Waals surface area contributed by atoms with Gasteiger partial charge in [0.2, 0.25) is 6.21 Å². The summed E-state index contributed by atoms with van der Waals surface area (Å²) >= 11 is 0. The van der Waals surface area contributed by atoms with Crippen molar-refractivity contribution in [1.82, 2.24) is 15.0 Å². The monoisotopic (exact) mass is 346 g/mol. The summed E-state index contributed by atoms with van der Waals surface area (Å²) in [6, 6.07) is 13.7. The number of benzene rings is 2. The van der Waals surface area contributed by atoms with Gasteiger partial charge < -0.3 is 5.21 Å². The van der Waals surface area contributed by atoms with E-state index in [1.165, 1.54) is 29.2 Å². The molecule has 3 rings (SSSR count). The second kappa shape index (κ2) is 6.76. The highest BCUT2D eigenvalue weighted by atomic mass is 19.4. The van der Waals surface area contributed by atoms with E-state index < -0.39 is 11.7 Å². The lowest BCUT2D eigenvalue weighted by Gasteiger charge is -2.07. The molecule has 0 unspecified atom stereocenters. The van der Waals surface area contributed by atoms with E-state index in [0.717, 1.165) is 22.4 Å². The number of alkyl halides is 3. The van der Waals surface area contributed by atoms with Crippen molar-refractivity contribution in [3.05, 3.63) is 82.8 Å². The van der Waals surface area contributed by atoms with Crippen LogP contribution in [0.5, 0.6) is 0 Å². The molecule has 8 heteroatoms. The van der Waals surface area contributed by atoms with Crippen molar-refractivity contribution in [2.45, 2.75) is 12.7 Å². The number of halogens is 3. The Morgan fingerprint density at radius 3 is 2.36 bits per heavy atom. The van der Waals surface area contributed by atoms with Crippen LogP contribution in [0.1, 0.15) is 16.8 Å². The van der Waals surface area contributed by atoms with Gasteiger partial charge in [-0.3, -0.25) is 0 Å². The second-order valence-corrected chi connectivity index (χ2v) is 5.32. The Morgan fingerprint density at radius 1 is 1.04 bits per heavy atom. The Hall–Kier alpha value is -3.16. The number of hydroxylamine groups is 1. The highest BCUT2D eigenvalue weighted by Crippen LogP contribution is 2.29. The van der Waals surface area contributed by atoms with Crippen molar-refractivity contribution in [2.75, 3.05) is 0 Å². The average molecular weight is 346 g/mol. The SMILES string of the molecule is [O-]/[N+](=C\c1cn(-c2ccc(C(F)(F)F)cc2)nn1)Cc1ccccc1. The van der Waals surface area contributed by atoms with E-state index in [9.17, 15) is 18.4 Å². The first-order valence-corrected chi connectivity index (χ1v) is 7.34. The van der Waals surface area contributed by atoms with Gasteiger partial charge in [0.05, 0.1) is 17.4 Å². The molecule has 3 aromatic rings. The largest absolute Gasteiger partial charge is 0.623 e. The summed E-state index contributed by atoms with van der Waals surface area (Å²) in [5.74, 6) is 0. The highest BCUT2D eigenvalue weighted by molar-refractivity contribution is 5.72. The molecule has 0 spiro atoms. The second-order valence-electron chi connectivity index (χ2n) is 5.32. The van der Waals surface area contributed by atoms with Crippen LogP contribution in [-0.2, 0) is 12.7 Å². The topological polar surface area (TPSA) is 56.8 Å². The lowest BCUT2D eigenvalue weighted by Crippen LogP contribution is -2.06. The third kappa shape index (κ3) is 4.23. The molecule has 0 fully saturated rings. The molecule has 0 N–H and O–H groups in total. The molecule has 1 heterocycles. The molecule has 0 aliphatic rings. The first kappa shape index (κ1) is 16.7. The molecule has 0 aliphatic heterocycles. The van der Waals surface area contributed by atoms with Crippen LogP contribution in [0, 0.1) is 5.21 Å². The summed E-state index contributed by atoms with van der Waals surface area (Å²) in [7, 11) is 0. The van der Waals surface area contributed by atoms with Crippen molar-refractivity contribution in [1.29, 1.82) is 0 Å². The average Bonchev–Trinajstić information content (AvgIpc) is 3.03. The Labute approximate surface area is 141 Å². The maximum atomic E-state index is 12.6. The van der Waals surface area contributed by atoms with E-state index in [0.29, 0.717) is 11.4 Å². The molecule has 0 amide bonds. The molecule has 128 valence electrons. The molecular formula is C17H13F3N4O. The summed E-state index contributed by atoms with van der Waals surface area (Å²) in [5.41, 5.74) is 0.840. The molecule has 2 aromatic carbocycles. The maximum Gasteiger partial charge on any atom is 0.416 e. The van der Waals surface area contributed by atoms with Crippen LogP contribution in [0.3, 0.4) is 0 Å². The zero-order chi connectivity index (χ0) is 17.9. The summed E-state index contributed by atoms with van der Waals surface area (Å²) in [4.78, 5) is 0. The van der Waals surface area contributed by atoms with Crippen LogP contribution in [0.25, 0.3) is 5.69 Å². The third-order valence-electron chi connectivity index (χ3n) is 3.43. The first-order valence-electron chi connectivity index (χ1n) is 7.34. The van der Waals surface area contributed by atoms with Gasteiger partial charge in [0, 0.05) is 5.56 Å². The fraction of sp³-hybridized carbons (Fsp3) is 0.118. The number of nitrogens with zero attached hydrogens (tertiary/aromatic N) is 4. The molecule has 1 aromatic heterocycles. The van der Waals surface area contributed by atoms with E-state index in [4.69, 9.17) is 0 Å². The molecule has 25 heavy (non-hydrogen) atoms. The minimum Gasteiger partial charge on any atom is -0.623 e. The van der Waals surface area contributed by atoms with Gasteiger partial charge in [0.25, 0.3) is 0 Å². The first-order chi connectivity index (χ1) is 11.9. The Balaban J connectivity index is 1.75. The van der Waals surface area contributed by atoms with E-state index in [2.05, 4.69) is 10.3 Å². The number of hydrogen-bond donors (Lipinski definition) is 0. The van der Waals surface area contributed by atoms with Crippen LogP contribution in [0.15, 0.2) is 60.8 Å². The van der Waals surface area contributed by atoms with Gasteiger partial charge in [-0.25, -0.2) is 9.42 Å². The fourth-order valence-corrected chi connectivity index (χ4v) is 2.22. The molecular weight excluding hydrogens is 333 g/mol. The molecule has 0 atom stereocenters. The summed E-state index contributed by atoms with van der Waals surface area (Å²) < 4.78 is 39.7. The highest BCUT2D eigenvalue weighted by Gasteiger charge is 2.30. The zero-order valence-electron chi connectivity index (χ0n) is 12.9. The molecule has 5 nitrogen and oxygen atoms in total. The van der Waals surface area contributed by atoms with Crippen molar-refractivity contribution in [2.24, 2.45) is 0 Å². The summed E-state index contributed by atoms with van der Waals surface area (Å²) in [6.07, 6.45) is -1.64. The summed E-state index contributed by atoms with van der Waals surface area (Å²) in [5, 5.41) is 19.6. The van der Waals surface area contributed by atoms with E-state index in [1.807, 2.05) is 30.3 Å². The minimum atomic E-state index is -4.39. The zero-order valence-corrected chi connectivity index (χ0v) is 12.9. The van der Waals surface area contributed by atoms with Gasteiger partial charge in [0.15, 0.2) is 12.2 Å².